The van der Waals surface area contributed by atoms with Crippen molar-refractivity contribution in [3.63, 3.8) is 0 Å². The van der Waals surface area contributed by atoms with Gasteiger partial charge in [-0.15, -0.1) is 0 Å². The van der Waals surface area contributed by atoms with Gasteiger partial charge in [0.25, 0.3) is 5.91 Å². The molecule has 0 atom stereocenters. The van der Waals surface area contributed by atoms with Crippen molar-refractivity contribution in [3.05, 3.63) is 57.3 Å². The SMILES string of the molecule is COC(=O)Cn1c(=NC(=O)c2ccc(S(=O)(=O)N3CCCCCC3)cc2)sc2ccc(Cl)c(C)c21. The van der Waals surface area contributed by atoms with Gasteiger partial charge < -0.3 is 9.30 Å². The van der Waals surface area contributed by atoms with Gasteiger partial charge in [-0.3, -0.25) is 9.59 Å². The molecule has 2 aromatic carbocycles. The van der Waals surface area contributed by atoms with Crippen LogP contribution in [0.15, 0.2) is 46.3 Å². The van der Waals surface area contributed by atoms with Gasteiger partial charge in [0.2, 0.25) is 10.0 Å². The average Bonchev–Trinajstić information content (AvgIpc) is 3.01. The number of rotatable bonds is 5. The molecule has 1 aromatic heterocycles. The fourth-order valence-electron chi connectivity index (χ4n) is 4.09. The van der Waals surface area contributed by atoms with E-state index in [0.717, 1.165) is 35.9 Å². The van der Waals surface area contributed by atoms with Crippen molar-refractivity contribution in [2.75, 3.05) is 20.2 Å². The molecule has 0 bridgehead atoms. The van der Waals surface area contributed by atoms with Crippen molar-refractivity contribution in [3.8, 4) is 0 Å². The minimum Gasteiger partial charge on any atom is -0.468 e. The van der Waals surface area contributed by atoms with Gasteiger partial charge in [-0.25, -0.2) is 8.42 Å². The lowest BCUT2D eigenvalue weighted by Gasteiger charge is -2.19. The van der Waals surface area contributed by atoms with Crippen molar-refractivity contribution < 1.29 is 22.7 Å². The molecule has 8 nitrogen and oxygen atoms in total. The lowest BCUT2D eigenvalue weighted by atomic mass is 10.2. The van der Waals surface area contributed by atoms with Crippen LogP contribution in [-0.2, 0) is 26.1 Å². The van der Waals surface area contributed by atoms with E-state index in [0.29, 0.717) is 28.4 Å². The van der Waals surface area contributed by atoms with Gasteiger partial charge in [-0.2, -0.15) is 9.30 Å². The fourth-order valence-corrected chi connectivity index (χ4v) is 6.85. The molecular weight excluding hydrogens is 510 g/mol. The van der Waals surface area contributed by atoms with E-state index in [4.69, 9.17) is 16.3 Å². The minimum absolute atomic E-state index is 0.128. The van der Waals surface area contributed by atoms with Crippen LogP contribution in [0.1, 0.15) is 41.6 Å². The predicted octanol–water partition coefficient (Wildman–Crippen LogP) is 4.14. The maximum absolute atomic E-state index is 13.0. The van der Waals surface area contributed by atoms with Gasteiger partial charge in [0.05, 0.1) is 22.2 Å². The quantitative estimate of drug-likeness (QED) is 0.457. The van der Waals surface area contributed by atoms with E-state index in [1.165, 1.54) is 47.0 Å². The second-order valence-electron chi connectivity index (χ2n) is 8.33. The summed E-state index contributed by atoms with van der Waals surface area (Å²) in [5, 5.41) is 0.535. The Morgan fingerprint density at radius 2 is 1.71 bits per heavy atom. The van der Waals surface area contributed by atoms with E-state index in [-0.39, 0.29) is 17.0 Å². The van der Waals surface area contributed by atoms with Crippen LogP contribution in [0.25, 0.3) is 10.2 Å². The first-order chi connectivity index (χ1) is 16.7. The number of amides is 1. The molecule has 1 fully saturated rings. The standard InChI is InChI=1S/C24H26ClN3O5S2/c1-16-19(25)11-12-20-22(16)28(15-21(29)33-2)24(34-20)26-23(30)17-7-9-18(10-8-17)35(31,32)27-13-5-3-4-6-14-27/h7-12H,3-6,13-15H2,1-2H3. The normalized spacial score (nSPS) is 15.8. The zero-order chi connectivity index (χ0) is 25.2. The summed E-state index contributed by atoms with van der Waals surface area (Å²) in [4.78, 5) is 29.8. The number of aryl methyl sites for hydroxylation is 1. The fraction of sp³-hybridized carbons (Fsp3) is 0.375. The van der Waals surface area contributed by atoms with Crippen LogP contribution < -0.4 is 4.80 Å². The Morgan fingerprint density at radius 3 is 2.34 bits per heavy atom. The van der Waals surface area contributed by atoms with Gasteiger partial charge in [0.1, 0.15) is 6.54 Å². The number of ether oxygens (including phenoxy) is 1. The Hall–Kier alpha value is -2.53. The molecular formula is C24H26ClN3O5S2. The number of nitrogens with zero attached hydrogens (tertiary/aromatic N) is 3. The largest absolute Gasteiger partial charge is 0.468 e. The molecule has 0 unspecified atom stereocenters. The summed E-state index contributed by atoms with van der Waals surface area (Å²) in [6.45, 7) is 2.72. The van der Waals surface area contributed by atoms with Crippen molar-refractivity contribution in [1.29, 1.82) is 0 Å². The van der Waals surface area contributed by atoms with E-state index in [2.05, 4.69) is 4.99 Å². The van der Waals surface area contributed by atoms with Crippen LogP contribution in [-0.4, -0.2) is 49.4 Å². The van der Waals surface area contributed by atoms with Crippen LogP contribution in [0, 0.1) is 6.92 Å². The third-order valence-electron chi connectivity index (χ3n) is 6.05. The summed E-state index contributed by atoms with van der Waals surface area (Å²) in [6, 6.07) is 9.40. The summed E-state index contributed by atoms with van der Waals surface area (Å²) in [7, 11) is -2.32. The van der Waals surface area contributed by atoms with E-state index in [1.54, 1.807) is 10.6 Å². The number of esters is 1. The Labute approximate surface area is 212 Å². The monoisotopic (exact) mass is 535 g/mol. The number of carbonyl (C=O) groups excluding carboxylic acids is 2. The predicted molar refractivity (Wildman–Crippen MR) is 135 cm³/mol. The number of halogens is 1. The maximum Gasteiger partial charge on any atom is 0.325 e. The molecule has 0 spiro atoms. The molecule has 0 radical (unpaired) electrons. The summed E-state index contributed by atoms with van der Waals surface area (Å²) in [6.07, 6.45) is 3.75. The van der Waals surface area contributed by atoms with Gasteiger partial charge in [0, 0.05) is 23.7 Å². The molecule has 1 aliphatic heterocycles. The van der Waals surface area contributed by atoms with Crippen LogP contribution in [0.5, 0.6) is 0 Å². The molecule has 0 N–H and O–H groups in total. The highest BCUT2D eigenvalue weighted by molar-refractivity contribution is 7.89. The van der Waals surface area contributed by atoms with E-state index >= 15 is 0 Å². The zero-order valence-electron chi connectivity index (χ0n) is 19.5. The number of methoxy groups -OCH3 is 1. The first kappa shape index (κ1) is 25.6. The number of aromatic nitrogens is 1. The molecule has 1 amide bonds. The van der Waals surface area contributed by atoms with Crippen molar-refractivity contribution in [2.45, 2.75) is 44.0 Å². The van der Waals surface area contributed by atoms with Crippen LogP contribution in [0.4, 0.5) is 0 Å². The van der Waals surface area contributed by atoms with Gasteiger partial charge in [0.15, 0.2) is 4.80 Å². The first-order valence-corrected chi connectivity index (χ1v) is 13.9. The van der Waals surface area contributed by atoms with Crippen molar-refractivity contribution in [1.82, 2.24) is 8.87 Å². The Kier molecular flexibility index (Phi) is 7.75. The Morgan fingerprint density at radius 1 is 1.06 bits per heavy atom. The van der Waals surface area contributed by atoms with Gasteiger partial charge in [-0.1, -0.05) is 35.8 Å². The van der Waals surface area contributed by atoms with E-state index in [9.17, 15) is 18.0 Å². The molecule has 4 rings (SSSR count). The summed E-state index contributed by atoms with van der Waals surface area (Å²) < 4.78 is 34.8. The number of sulfonamides is 1. The summed E-state index contributed by atoms with van der Waals surface area (Å²) in [5.74, 6) is -1.03. The molecule has 0 aliphatic carbocycles. The lowest BCUT2D eigenvalue weighted by Crippen LogP contribution is -2.31. The van der Waals surface area contributed by atoms with Crippen molar-refractivity contribution in [2.24, 2.45) is 4.99 Å². The van der Waals surface area contributed by atoms with Crippen molar-refractivity contribution >= 4 is 55.1 Å². The summed E-state index contributed by atoms with van der Waals surface area (Å²) >= 11 is 7.54. The summed E-state index contributed by atoms with van der Waals surface area (Å²) in [5.41, 5.74) is 1.72. The molecule has 1 saturated heterocycles. The zero-order valence-corrected chi connectivity index (χ0v) is 21.9. The smallest absolute Gasteiger partial charge is 0.325 e. The van der Waals surface area contributed by atoms with Crippen LogP contribution in [0.2, 0.25) is 5.02 Å². The number of fused-ring (bicyclic) bond motifs is 1. The lowest BCUT2D eigenvalue weighted by molar-refractivity contribution is -0.141. The number of benzene rings is 2. The topological polar surface area (TPSA) is 98.0 Å². The maximum atomic E-state index is 13.0. The van der Waals surface area contributed by atoms with Crippen LogP contribution in [0.3, 0.4) is 0 Å². The second-order valence-corrected chi connectivity index (χ2v) is 11.7. The Bertz CT molecular complexity index is 1430. The van der Waals surface area contributed by atoms with Gasteiger partial charge >= 0.3 is 5.97 Å². The molecule has 186 valence electrons. The number of hydrogen-bond acceptors (Lipinski definition) is 6. The molecule has 3 aromatic rings. The number of thiazole rings is 1. The van der Waals surface area contributed by atoms with E-state index in [1.807, 2.05) is 13.0 Å². The second kappa shape index (κ2) is 10.6. The highest BCUT2D eigenvalue weighted by Crippen LogP contribution is 2.27. The third-order valence-corrected chi connectivity index (χ3v) is 9.41. The Balaban J connectivity index is 1.68. The van der Waals surface area contributed by atoms with Gasteiger partial charge in [-0.05, 0) is 61.7 Å². The average molecular weight is 536 g/mol. The molecule has 35 heavy (non-hydrogen) atoms. The molecule has 0 saturated carbocycles. The highest BCUT2D eigenvalue weighted by Gasteiger charge is 2.25. The van der Waals surface area contributed by atoms with E-state index < -0.39 is 21.9 Å². The molecule has 11 heteroatoms. The molecule has 1 aliphatic rings. The molecule has 2 heterocycles. The minimum atomic E-state index is -3.61. The highest BCUT2D eigenvalue weighted by atomic mass is 35.5. The third kappa shape index (κ3) is 5.35. The number of carbonyl (C=O) groups is 2. The van der Waals surface area contributed by atoms with Crippen LogP contribution >= 0.6 is 22.9 Å². The first-order valence-electron chi connectivity index (χ1n) is 11.3. The number of hydrogen-bond donors (Lipinski definition) is 0.